The molecule has 0 atom stereocenters. The van der Waals surface area contributed by atoms with Crippen molar-refractivity contribution in [3.8, 4) is 0 Å². The third kappa shape index (κ3) is 4.43. The molecule has 0 aliphatic carbocycles. The SMILES string of the molecule is [CH2]CCCCCC(F)(F)C(F)(F)F. The van der Waals surface area contributed by atoms with Gasteiger partial charge in [-0.25, -0.2) is 0 Å². The Kier molecular flexibility index (Phi) is 4.64. The van der Waals surface area contributed by atoms with Crippen LogP contribution >= 0.6 is 0 Å². The molecule has 0 bridgehead atoms. The van der Waals surface area contributed by atoms with Crippen molar-refractivity contribution < 1.29 is 22.0 Å². The van der Waals surface area contributed by atoms with Gasteiger partial charge in [-0.05, 0) is 6.42 Å². The molecule has 5 heteroatoms. The van der Waals surface area contributed by atoms with Crippen LogP contribution in [0.15, 0.2) is 0 Å². The molecule has 0 nitrogen and oxygen atoms in total. The predicted octanol–water partition coefficient (Wildman–Crippen LogP) is 3.97. The first kappa shape index (κ1) is 12.7. The highest BCUT2D eigenvalue weighted by molar-refractivity contribution is 4.75. The van der Waals surface area contributed by atoms with Crippen molar-refractivity contribution in [3.63, 3.8) is 0 Å². The van der Waals surface area contributed by atoms with Gasteiger partial charge in [0, 0.05) is 6.42 Å². The number of hydrogen-bond acceptors (Lipinski definition) is 0. The molecule has 0 N–H and O–H groups in total. The monoisotopic (exact) mass is 203 g/mol. The zero-order chi connectivity index (χ0) is 10.5. The molecule has 0 amide bonds. The molecule has 0 saturated heterocycles. The maximum Gasteiger partial charge on any atom is 0.453 e. The molecule has 0 heterocycles. The number of rotatable bonds is 5. The van der Waals surface area contributed by atoms with Crippen molar-refractivity contribution in [2.45, 2.75) is 44.2 Å². The van der Waals surface area contributed by atoms with Crippen LogP contribution in [0.1, 0.15) is 32.1 Å². The minimum Gasteiger partial charge on any atom is -0.196 e. The van der Waals surface area contributed by atoms with E-state index in [2.05, 4.69) is 6.92 Å². The van der Waals surface area contributed by atoms with Gasteiger partial charge in [0.15, 0.2) is 0 Å². The average molecular weight is 203 g/mol. The van der Waals surface area contributed by atoms with E-state index in [9.17, 15) is 22.0 Å². The summed E-state index contributed by atoms with van der Waals surface area (Å²) < 4.78 is 59.2. The largest absolute Gasteiger partial charge is 0.453 e. The standard InChI is InChI=1S/C8H12F5/c1-2-3-4-5-6-7(9,10)8(11,12)13/h1-6H2. The van der Waals surface area contributed by atoms with Crippen LogP contribution in [0.4, 0.5) is 22.0 Å². The summed E-state index contributed by atoms with van der Waals surface area (Å²) in [4.78, 5) is 0. The summed E-state index contributed by atoms with van der Waals surface area (Å²) in [5, 5.41) is 0. The van der Waals surface area contributed by atoms with Gasteiger partial charge in [-0.3, -0.25) is 0 Å². The van der Waals surface area contributed by atoms with E-state index >= 15 is 0 Å². The van der Waals surface area contributed by atoms with Crippen LogP contribution in [-0.4, -0.2) is 12.1 Å². The lowest BCUT2D eigenvalue weighted by molar-refractivity contribution is -0.284. The lowest BCUT2D eigenvalue weighted by Gasteiger charge is -2.18. The van der Waals surface area contributed by atoms with Crippen molar-refractivity contribution in [3.05, 3.63) is 6.92 Å². The summed E-state index contributed by atoms with van der Waals surface area (Å²) in [7, 11) is 0. The van der Waals surface area contributed by atoms with Crippen LogP contribution in [0.2, 0.25) is 0 Å². The first-order chi connectivity index (χ1) is 5.81. The van der Waals surface area contributed by atoms with E-state index in [1.165, 1.54) is 0 Å². The Hall–Kier alpha value is -0.350. The summed E-state index contributed by atoms with van der Waals surface area (Å²) in [5.41, 5.74) is 0. The van der Waals surface area contributed by atoms with E-state index in [1.807, 2.05) is 0 Å². The van der Waals surface area contributed by atoms with Crippen LogP contribution < -0.4 is 0 Å². The topological polar surface area (TPSA) is 0 Å². The molecule has 0 aliphatic heterocycles. The van der Waals surface area contributed by atoms with Gasteiger partial charge in [0.2, 0.25) is 0 Å². The van der Waals surface area contributed by atoms with Gasteiger partial charge in [-0.2, -0.15) is 22.0 Å². The normalized spacial score (nSPS) is 13.4. The summed E-state index contributed by atoms with van der Waals surface area (Å²) in [6.45, 7) is 3.46. The van der Waals surface area contributed by atoms with Crippen molar-refractivity contribution in [2.24, 2.45) is 0 Å². The van der Waals surface area contributed by atoms with Crippen molar-refractivity contribution in [1.82, 2.24) is 0 Å². The van der Waals surface area contributed by atoms with E-state index in [-0.39, 0.29) is 6.42 Å². The summed E-state index contributed by atoms with van der Waals surface area (Å²) in [5.74, 6) is -4.53. The minimum absolute atomic E-state index is 0.109. The molecule has 0 saturated carbocycles. The Balaban J connectivity index is 3.77. The lowest BCUT2D eigenvalue weighted by Crippen LogP contribution is -2.36. The van der Waals surface area contributed by atoms with Gasteiger partial charge >= 0.3 is 12.1 Å². The Bertz CT molecular complexity index is 138. The fourth-order valence-corrected chi connectivity index (χ4v) is 0.842. The van der Waals surface area contributed by atoms with Crippen LogP contribution in [0, 0.1) is 6.92 Å². The molecule has 0 aromatic heterocycles. The molecule has 1 radical (unpaired) electrons. The van der Waals surface area contributed by atoms with Gasteiger partial charge in [0.05, 0.1) is 0 Å². The smallest absolute Gasteiger partial charge is 0.196 e. The van der Waals surface area contributed by atoms with E-state index in [1.54, 1.807) is 0 Å². The molecule has 0 rings (SSSR count). The highest BCUT2D eigenvalue weighted by Crippen LogP contribution is 2.39. The molecule has 0 aromatic rings. The fraction of sp³-hybridized carbons (Fsp3) is 0.875. The Labute approximate surface area is 74.1 Å². The highest BCUT2D eigenvalue weighted by atomic mass is 19.4. The van der Waals surface area contributed by atoms with Crippen LogP contribution in [-0.2, 0) is 0 Å². The van der Waals surface area contributed by atoms with E-state index in [0.717, 1.165) is 0 Å². The molecule has 79 valence electrons. The molecule has 0 aromatic carbocycles. The van der Waals surface area contributed by atoms with Crippen molar-refractivity contribution >= 4 is 0 Å². The van der Waals surface area contributed by atoms with Crippen molar-refractivity contribution in [2.75, 3.05) is 0 Å². The summed E-state index contributed by atoms with van der Waals surface area (Å²) in [6, 6.07) is 0. The number of alkyl halides is 5. The molecule has 0 unspecified atom stereocenters. The molecule has 13 heavy (non-hydrogen) atoms. The molecule has 0 fully saturated rings. The zero-order valence-corrected chi connectivity index (χ0v) is 7.13. The third-order valence-electron chi connectivity index (χ3n) is 1.66. The van der Waals surface area contributed by atoms with Crippen LogP contribution in [0.5, 0.6) is 0 Å². The third-order valence-corrected chi connectivity index (χ3v) is 1.66. The van der Waals surface area contributed by atoms with Gasteiger partial charge < -0.3 is 0 Å². The van der Waals surface area contributed by atoms with Gasteiger partial charge in [-0.1, -0.05) is 26.2 Å². The van der Waals surface area contributed by atoms with Crippen molar-refractivity contribution in [1.29, 1.82) is 0 Å². The van der Waals surface area contributed by atoms with E-state index in [4.69, 9.17) is 0 Å². The maximum absolute atomic E-state index is 12.2. The Morgan fingerprint density at radius 1 is 0.846 bits per heavy atom. The first-order valence-electron chi connectivity index (χ1n) is 4.05. The maximum atomic E-state index is 12.2. The van der Waals surface area contributed by atoms with Crippen LogP contribution in [0.3, 0.4) is 0 Å². The number of halogens is 5. The minimum atomic E-state index is -5.41. The molecule has 0 spiro atoms. The second-order valence-electron chi connectivity index (χ2n) is 2.87. The number of hydrogen-bond donors (Lipinski definition) is 0. The second kappa shape index (κ2) is 4.77. The summed E-state index contributed by atoms with van der Waals surface area (Å²) >= 11 is 0. The predicted molar refractivity (Wildman–Crippen MR) is 39.4 cm³/mol. The average Bonchev–Trinajstić information content (AvgIpc) is 1.96. The molecule has 0 aliphatic rings. The Morgan fingerprint density at radius 2 is 1.38 bits per heavy atom. The molecular formula is C8H12F5. The Morgan fingerprint density at radius 3 is 1.77 bits per heavy atom. The second-order valence-corrected chi connectivity index (χ2v) is 2.87. The lowest BCUT2D eigenvalue weighted by atomic mass is 10.1. The van der Waals surface area contributed by atoms with Gasteiger partial charge in [0.25, 0.3) is 0 Å². The van der Waals surface area contributed by atoms with E-state index in [0.29, 0.717) is 19.3 Å². The van der Waals surface area contributed by atoms with Crippen LogP contribution in [0.25, 0.3) is 0 Å². The summed E-state index contributed by atoms with van der Waals surface area (Å²) in [6.07, 6.45) is -5.10. The van der Waals surface area contributed by atoms with Gasteiger partial charge in [-0.15, -0.1) is 0 Å². The molecular weight excluding hydrogens is 191 g/mol. The first-order valence-corrected chi connectivity index (χ1v) is 4.05. The fourth-order valence-electron chi connectivity index (χ4n) is 0.842. The van der Waals surface area contributed by atoms with E-state index < -0.39 is 18.5 Å². The number of unbranched alkanes of at least 4 members (excludes halogenated alkanes) is 3. The highest BCUT2D eigenvalue weighted by Gasteiger charge is 2.56. The zero-order valence-electron chi connectivity index (χ0n) is 7.13. The van der Waals surface area contributed by atoms with Gasteiger partial charge in [0.1, 0.15) is 0 Å². The quantitative estimate of drug-likeness (QED) is 0.468.